The fourth-order valence-corrected chi connectivity index (χ4v) is 1.18. The predicted molar refractivity (Wildman–Crippen MR) is 51.9 cm³/mol. The lowest BCUT2D eigenvalue weighted by atomic mass is 10.1. The van der Waals surface area contributed by atoms with Gasteiger partial charge in [0.25, 0.3) is 0 Å². The topological polar surface area (TPSA) is 42.9 Å². The number of carbonyl (C=O) groups is 1. The largest absolute Gasteiger partial charge is 0.289 e. The predicted octanol–water partition coefficient (Wildman–Crippen LogP) is 1.71. The second kappa shape index (κ2) is 3.79. The van der Waals surface area contributed by atoms with Gasteiger partial charge in [-0.25, -0.2) is 0 Å². The van der Waals surface area contributed by atoms with Crippen molar-refractivity contribution in [3.05, 3.63) is 59.9 Å². The van der Waals surface area contributed by atoms with E-state index in [9.17, 15) is 4.79 Å². The van der Waals surface area contributed by atoms with Gasteiger partial charge in [-0.1, -0.05) is 30.3 Å². The fraction of sp³-hybridized carbons (Fsp3) is 0. The van der Waals surface area contributed by atoms with Crippen molar-refractivity contribution in [1.29, 1.82) is 0 Å². The number of benzene rings is 1. The van der Waals surface area contributed by atoms with Crippen LogP contribution in [0.5, 0.6) is 0 Å². The second-order valence-corrected chi connectivity index (χ2v) is 2.83. The van der Waals surface area contributed by atoms with Crippen LogP contribution in [0.2, 0.25) is 0 Å². The molecule has 1 aromatic carbocycles. The van der Waals surface area contributed by atoms with Crippen molar-refractivity contribution in [2.24, 2.45) is 0 Å². The molecule has 0 unspecified atom stereocenters. The molecule has 14 heavy (non-hydrogen) atoms. The van der Waals surface area contributed by atoms with E-state index in [2.05, 4.69) is 10.2 Å². The summed E-state index contributed by atoms with van der Waals surface area (Å²) in [6, 6.07) is 10.8. The van der Waals surface area contributed by atoms with Crippen molar-refractivity contribution in [2.45, 2.75) is 0 Å². The Bertz CT molecular complexity index is 384. The summed E-state index contributed by atoms with van der Waals surface area (Å²) in [6.45, 7) is 0. The molecule has 0 atom stereocenters. The van der Waals surface area contributed by atoms with Crippen molar-refractivity contribution in [1.82, 2.24) is 10.2 Å². The molecule has 0 amide bonds. The normalized spacial score (nSPS) is 9.71. The maximum Gasteiger partial charge on any atom is 0.194 e. The lowest BCUT2D eigenvalue weighted by Gasteiger charge is -1.98. The molecule has 0 bridgehead atoms. The molecule has 3 nitrogen and oxygen atoms in total. The van der Waals surface area contributed by atoms with Crippen molar-refractivity contribution in [3.63, 3.8) is 0 Å². The molecular formula is C11H8N2O. The van der Waals surface area contributed by atoms with Crippen LogP contribution in [0.4, 0.5) is 0 Å². The summed E-state index contributed by atoms with van der Waals surface area (Å²) < 4.78 is 0. The van der Waals surface area contributed by atoms with E-state index in [4.69, 9.17) is 0 Å². The number of carbonyl (C=O) groups excluding carboxylic acids is 1. The molecule has 0 N–H and O–H groups in total. The van der Waals surface area contributed by atoms with E-state index in [0.717, 1.165) is 0 Å². The molecule has 0 aliphatic rings. The van der Waals surface area contributed by atoms with E-state index >= 15 is 0 Å². The van der Waals surface area contributed by atoms with Crippen LogP contribution >= 0.6 is 0 Å². The number of rotatable bonds is 2. The summed E-state index contributed by atoms with van der Waals surface area (Å²) in [6.07, 6.45) is 2.98. The lowest BCUT2D eigenvalue weighted by Crippen LogP contribution is -2.01. The summed E-state index contributed by atoms with van der Waals surface area (Å²) in [4.78, 5) is 11.8. The van der Waals surface area contributed by atoms with Crippen LogP contribution in [-0.2, 0) is 0 Å². The summed E-state index contributed by atoms with van der Waals surface area (Å²) in [5, 5.41) is 7.28. The van der Waals surface area contributed by atoms with Gasteiger partial charge in [0.15, 0.2) is 5.78 Å². The van der Waals surface area contributed by atoms with Gasteiger partial charge in [0, 0.05) is 11.1 Å². The minimum Gasteiger partial charge on any atom is -0.289 e. The Labute approximate surface area is 81.4 Å². The molecule has 0 spiro atoms. The minimum atomic E-state index is -0.0273. The third-order valence-corrected chi connectivity index (χ3v) is 1.88. The average molecular weight is 184 g/mol. The molecule has 2 rings (SSSR count). The van der Waals surface area contributed by atoms with Gasteiger partial charge in [-0.3, -0.25) is 4.79 Å². The number of nitrogens with zero attached hydrogens (tertiary/aromatic N) is 2. The minimum absolute atomic E-state index is 0.0273. The number of hydrogen-bond donors (Lipinski definition) is 0. The molecule has 3 heteroatoms. The standard InChI is InChI=1S/C11H8N2O/c14-11(9-4-2-1-3-5-9)10-6-7-12-13-8-10/h1-8H. The van der Waals surface area contributed by atoms with E-state index in [1.165, 1.54) is 12.4 Å². The highest BCUT2D eigenvalue weighted by molar-refractivity contribution is 6.08. The molecule has 0 aliphatic heterocycles. The Balaban J connectivity index is 2.35. The number of hydrogen-bond acceptors (Lipinski definition) is 3. The summed E-state index contributed by atoms with van der Waals surface area (Å²) in [7, 11) is 0. The van der Waals surface area contributed by atoms with E-state index in [-0.39, 0.29) is 5.78 Å². The van der Waals surface area contributed by atoms with Gasteiger partial charge in [-0.15, -0.1) is 0 Å². The Hall–Kier alpha value is -2.03. The Kier molecular flexibility index (Phi) is 2.32. The summed E-state index contributed by atoms with van der Waals surface area (Å²) >= 11 is 0. The first-order valence-corrected chi connectivity index (χ1v) is 4.24. The first-order chi connectivity index (χ1) is 6.88. The van der Waals surface area contributed by atoms with E-state index < -0.39 is 0 Å². The molecule has 1 aromatic heterocycles. The van der Waals surface area contributed by atoms with Gasteiger partial charge in [-0.05, 0) is 6.07 Å². The average Bonchev–Trinajstić information content (AvgIpc) is 2.30. The van der Waals surface area contributed by atoms with Crippen LogP contribution in [0.15, 0.2) is 48.8 Å². The van der Waals surface area contributed by atoms with Gasteiger partial charge < -0.3 is 0 Å². The highest BCUT2D eigenvalue weighted by atomic mass is 16.1. The van der Waals surface area contributed by atoms with Crippen molar-refractivity contribution in [3.8, 4) is 0 Å². The van der Waals surface area contributed by atoms with E-state index in [0.29, 0.717) is 11.1 Å². The first-order valence-electron chi connectivity index (χ1n) is 4.24. The highest BCUT2D eigenvalue weighted by Gasteiger charge is 2.07. The zero-order chi connectivity index (χ0) is 9.80. The van der Waals surface area contributed by atoms with Crippen LogP contribution < -0.4 is 0 Å². The van der Waals surface area contributed by atoms with Crippen molar-refractivity contribution in [2.75, 3.05) is 0 Å². The number of aromatic nitrogens is 2. The molecule has 2 aromatic rings. The van der Waals surface area contributed by atoms with Crippen molar-refractivity contribution < 1.29 is 4.79 Å². The van der Waals surface area contributed by atoms with Crippen molar-refractivity contribution >= 4 is 5.78 Å². The highest BCUT2D eigenvalue weighted by Crippen LogP contribution is 2.06. The zero-order valence-electron chi connectivity index (χ0n) is 7.42. The Morgan fingerprint density at radius 1 is 0.929 bits per heavy atom. The van der Waals surface area contributed by atoms with Crippen LogP contribution in [-0.4, -0.2) is 16.0 Å². The van der Waals surface area contributed by atoms with Gasteiger partial charge in [0.05, 0.1) is 12.4 Å². The van der Waals surface area contributed by atoms with Crippen LogP contribution in [0, 0.1) is 0 Å². The molecule has 1 heterocycles. The number of ketones is 1. The Morgan fingerprint density at radius 3 is 2.36 bits per heavy atom. The summed E-state index contributed by atoms with van der Waals surface area (Å²) in [5.74, 6) is -0.0273. The first kappa shape index (κ1) is 8.56. The maximum atomic E-state index is 11.8. The molecular weight excluding hydrogens is 176 g/mol. The smallest absolute Gasteiger partial charge is 0.194 e. The molecule has 0 fully saturated rings. The molecule has 68 valence electrons. The van der Waals surface area contributed by atoms with Crippen LogP contribution in [0.1, 0.15) is 15.9 Å². The quantitative estimate of drug-likeness (QED) is 0.667. The van der Waals surface area contributed by atoms with Gasteiger partial charge in [0.1, 0.15) is 0 Å². The monoisotopic (exact) mass is 184 g/mol. The second-order valence-electron chi connectivity index (χ2n) is 2.83. The third kappa shape index (κ3) is 1.66. The van der Waals surface area contributed by atoms with E-state index in [1.54, 1.807) is 18.2 Å². The molecule has 0 saturated carbocycles. The third-order valence-electron chi connectivity index (χ3n) is 1.88. The summed E-state index contributed by atoms with van der Waals surface area (Å²) in [5.41, 5.74) is 1.23. The molecule has 0 saturated heterocycles. The SMILES string of the molecule is O=C(c1ccccc1)c1ccnnc1. The Morgan fingerprint density at radius 2 is 1.71 bits per heavy atom. The zero-order valence-corrected chi connectivity index (χ0v) is 7.42. The molecule has 0 radical (unpaired) electrons. The van der Waals surface area contributed by atoms with Gasteiger partial charge >= 0.3 is 0 Å². The maximum absolute atomic E-state index is 11.8. The van der Waals surface area contributed by atoms with Crippen LogP contribution in [0.3, 0.4) is 0 Å². The van der Waals surface area contributed by atoms with Gasteiger partial charge in [0.2, 0.25) is 0 Å². The van der Waals surface area contributed by atoms with E-state index in [1.807, 2.05) is 18.2 Å². The van der Waals surface area contributed by atoms with Gasteiger partial charge in [-0.2, -0.15) is 10.2 Å². The lowest BCUT2D eigenvalue weighted by molar-refractivity contribution is 0.103. The fourth-order valence-electron chi connectivity index (χ4n) is 1.18. The molecule has 0 aliphatic carbocycles. The van der Waals surface area contributed by atoms with Crippen LogP contribution in [0.25, 0.3) is 0 Å².